The molecule has 0 heterocycles. The molecule has 0 saturated carbocycles. The molecule has 4 heteroatoms. The number of halogens is 2. The summed E-state index contributed by atoms with van der Waals surface area (Å²) < 4.78 is 4.04. The maximum absolute atomic E-state index is 4.53. The SMILES string of the molecule is [B+2]OCC.[Cl-].[Cl-]. The number of hydrogen-bond acceptors (Lipinski definition) is 1. The Morgan fingerprint density at radius 1 is 1.50 bits per heavy atom. The van der Waals surface area contributed by atoms with Gasteiger partial charge in [-0.25, -0.2) is 0 Å². The summed E-state index contributed by atoms with van der Waals surface area (Å²) >= 11 is 0. The first-order valence-corrected chi connectivity index (χ1v) is 1.23. The van der Waals surface area contributed by atoms with Gasteiger partial charge in [-0.1, -0.05) is 0 Å². The Bertz CT molecular complexity index is 13.5. The molecule has 0 aromatic carbocycles. The molecule has 0 N–H and O–H groups in total. The Morgan fingerprint density at radius 3 is 1.67 bits per heavy atom. The van der Waals surface area contributed by atoms with Gasteiger partial charge in [-0.05, 0) is 0 Å². The molecule has 0 aliphatic heterocycles. The van der Waals surface area contributed by atoms with Crippen LogP contribution in [0.1, 0.15) is 6.92 Å². The van der Waals surface area contributed by atoms with Gasteiger partial charge in [0.15, 0.2) is 0 Å². The summed E-state index contributed by atoms with van der Waals surface area (Å²) in [5.74, 6) is 0. The van der Waals surface area contributed by atoms with Gasteiger partial charge >= 0.3 is 26.2 Å². The standard InChI is InChI=1S/C2H5BO.2ClH/c1-2-4-3;;/h2H2,1H3;2*1H/q+2;;/p-2. The molecule has 0 aliphatic rings. The van der Waals surface area contributed by atoms with Gasteiger partial charge in [0.2, 0.25) is 0 Å². The van der Waals surface area contributed by atoms with Crippen LogP contribution in [0.3, 0.4) is 0 Å². The van der Waals surface area contributed by atoms with Gasteiger partial charge in [0, 0.05) is 0 Å². The Hall–Kier alpha value is 0.605. The third kappa shape index (κ3) is 23.2. The molecule has 0 bridgehead atoms. The van der Waals surface area contributed by atoms with Gasteiger partial charge in [0.25, 0.3) is 0 Å². The first kappa shape index (κ1) is 16.0. The van der Waals surface area contributed by atoms with E-state index >= 15 is 0 Å². The molecule has 0 spiro atoms. The number of hydrogen-bond donors (Lipinski definition) is 0. The molecular formula is C2H5BCl2O. The summed E-state index contributed by atoms with van der Waals surface area (Å²) in [5.41, 5.74) is 0. The maximum Gasteiger partial charge on any atom is -1.00 e. The normalized spacial score (nSPS) is 5.17. The van der Waals surface area contributed by atoms with E-state index in [0.29, 0.717) is 6.61 Å². The van der Waals surface area contributed by atoms with Crippen LogP contribution in [-0.2, 0) is 4.65 Å². The van der Waals surface area contributed by atoms with Crippen LogP contribution in [0, 0.1) is 0 Å². The average molecular weight is 127 g/mol. The van der Waals surface area contributed by atoms with E-state index in [0.717, 1.165) is 0 Å². The monoisotopic (exact) mass is 126 g/mol. The molecule has 0 aliphatic carbocycles. The van der Waals surface area contributed by atoms with Crippen LogP contribution >= 0.6 is 0 Å². The van der Waals surface area contributed by atoms with E-state index < -0.39 is 0 Å². The zero-order valence-corrected chi connectivity index (χ0v) is 4.96. The molecule has 0 aromatic heterocycles. The summed E-state index contributed by atoms with van der Waals surface area (Å²) in [6.07, 6.45) is 0. The number of rotatable bonds is 1. The fourth-order valence-electron chi connectivity index (χ4n) is 0. The van der Waals surface area contributed by atoms with Crippen molar-refractivity contribution in [2.24, 2.45) is 0 Å². The van der Waals surface area contributed by atoms with Gasteiger partial charge in [-0.2, -0.15) is 0 Å². The summed E-state index contributed by atoms with van der Waals surface area (Å²) in [6, 6.07) is 0. The quantitative estimate of drug-likeness (QED) is 0.318. The minimum atomic E-state index is 0. The fourth-order valence-corrected chi connectivity index (χ4v) is 0. The second kappa shape index (κ2) is 17.5. The molecule has 0 atom stereocenters. The molecule has 0 unspecified atom stereocenters. The molecular weight excluding hydrogens is 122 g/mol. The molecule has 6 heavy (non-hydrogen) atoms. The summed E-state index contributed by atoms with van der Waals surface area (Å²) in [7, 11) is 4.53. The Kier molecular flexibility index (Phi) is 46.6. The third-order valence-electron chi connectivity index (χ3n) is 0.167. The van der Waals surface area contributed by atoms with Crippen molar-refractivity contribution < 1.29 is 29.5 Å². The van der Waals surface area contributed by atoms with Crippen molar-refractivity contribution in [2.75, 3.05) is 6.61 Å². The van der Waals surface area contributed by atoms with Crippen LogP contribution < -0.4 is 24.8 Å². The first-order chi connectivity index (χ1) is 1.91. The summed E-state index contributed by atoms with van der Waals surface area (Å²) in [6.45, 7) is 2.43. The predicted octanol–water partition coefficient (Wildman–Crippen LogP) is -5.89. The third-order valence-corrected chi connectivity index (χ3v) is 0.167. The molecule has 0 rings (SSSR count). The van der Waals surface area contributed by atoms with Gasteiger partial charge < -0.3 is 24.8 Å². The van der Waals surface area contributed by atoms with Crippen molar-refractivity contribution in [1.29, 1.82) is 0 Å². The molecule has 0 saturated heterocycles. The molecule has 0 aromatic rings. The summed E-state index contributed by atoms with van der Waals surface area (Å²) in [5, 5.41) is 0. The first-order valence-electron chi connectivity index (χ1n) is 1.23. The predicted molar refractivity (Wildman–Crippen MR) is 17.4 cm³/mol. The molecule has 36 valence electrons. The van der Waals surface area contributed by atoms with Crippen LogP contribution in [0.15, 0.2) is 0 Å². The van der Waals surface area contributed by atoms with Crippen LogP contribution in [-0.4, -0.2) is 14.7 Å². The van der Waals surface area contributed by atoms with Gasteiger partial charge in [0.05, 0.1) is 0 Å². The van der Waals surface area contributed by atoms with Crippen molar-refractivity contribution in [3.63, 3.8) is 0 Å². The minimum Gasteiger partial charge on any atom is -1.00 e. The van der Waals surface area contributed by atoms with Gasteiger partial charge in [0.1, 0.15) is 0 Å². The van der Waals surface area contributed by atoms with E-state index in [9.17, 15) is 0 Å². The van der Waals surface area contributed by atoms with Crippen molar-refractivity contribution in [3.05, 3.63) is 0 Å². The van der Waals surface area contributed by atoms with E-state index in [4.69, 9.17) is 0 Å². The molecule has 0 fully saturated rings. The maximum atomic E-state index is 4.53. The van der Waals surface area contributed by atoms with Crippen molar-refractivity contribution >= 4 is 8.05 Å². The van der Waals surface area contributed by atoms with Crippen LogP contribution in [0.5, 0.6) is 0 Å². The molecule has 0 amide bonds. The Balaban J connectivity index is -0.0000000450. The zero-order chi connectivity index (χ0) is 3.41. The van der Waals surface area contributed by atoms with Crippen molar-refractivity contribution in [1.82, 2.24) is 0 Å². The largest absolute Gasteiger partial charge is 1.00 e. The van der Waals surface area contributed by atoms with E-state index in [2.05, 4.69) is 12.7 Å². The van der Waals surface area contributed by atoms with Gasteiger partial charge in [-0.15, -0.1) is 0 Å². The second-order valence-corrected chi connectivity index (χ2v) is 0.455. The zero-order valence-electron chi connectivity index (χ0n) is 3.45. The minimum absolute atomic E-state index is 0. The fraction of sp³-hybridized carbons (Fsp3) is 1.00. The Morgan fingerprint density at radius 2 is 1.67 bits per heavy atom. The van der Waals surface area contributed by atoms with E-state index in [1.165, 1.54) is 0 Å². The topological polar surface area (TPSA) is 9.23 Å². The molecule has 1 nitrogen and oxygen atoms in total. The smallest absolute Gasteiger partial charge is 1.00 e. The average Bonchev–Trinajstić information content (AvgIpc) is 1.37. The Labute approximate surface area is 51.7 Å². The van der Waals surface area contributed by atoms with Crippen LogP contribution in [0.4, 0.5) is 0 Å². The van der Waals surface area contributed by atoms with E-state index in [1.807, 2.05) is 6.92 Å². The van der Waals surface area contributed by atoms with Crippen LogP contribution in [0.25, 0.3) is 0 Å². The van der Waals surface area contributed by atoms with E-state index in [1.54, 1.807) is 0 Å². The molecule has 0 radical (unpaired) electrons. The second-order valence-electron chi connectivity index (χ2n) is 0.455. The van der Waals surface area contributed by atoms with Gasteiger partial charge in [-0.3, -0.25) is 0 Å². The summed E-state index contributed by atoms with van der Waals surface area (Å²) in [4.78, 5) is 0. The van der Waals surface area contributed by atoms with Crippen LogP contribution in [0.2, 0.25) is 0 Å². The van der Waals surface area contributed by atoms with Crippen molar-refractivity contribution in [2.45, 2.75) is 6.92 Å². The van der Waals surface area contributed by atoms with Crippen molar-refractivity contribution in [3.8, 4) is 0 Å². The van der Waals surface area contributed by atoms with E-state index in [-0.39, 0.29) is 24.8 Å².